The van der Waals surface area contributed by atoms with Crippen LogP contribution in [0.1, 0.15) is 29.8 Å². The fourth-order valence-corrected chi connectivity index (χ4v) is 1.91. The quantitative estimate of drug-likeness (QED) is 0.827. The summed E-state index contributed by atoms with van der Waals surface area (Å²) in [5.41, 5.74) is 0.270. The van der Waals surface area contributed by atoms with Gasteiger partial charge in [0.15, 0.2) is 0 Å². The molecule has 1 aliphatic rings. The Morgan fingerprint density at radius 2 is 2.06 bits per heavy atom. The zero-order valence-electron chi connectivity index (χ0n) is 10.1. The Labute approximate surface area is 105 Å². The molecule has 0 atom stereocenters. The van der Waals surface area contributed by atoms with E-state index in [1.54, 1.807) is 0 Å². The van der Waals surface area contributed by atoms with E-state index in [9.17, 15) is 9.59 Å². The second-order valence-electron chi connectivity index (χ2n) is 4.18. The van der Waals surface area contributed by atoms with Crippen LogP contribution in [0, 0.1) is 0 Å². The van der Waals surface area contributed by atoms with E-state index in [1.165, 1.54) is 18.6 Å². The van der Waals surface area contributed by atoms with Gasteiger partial charge in [0.25, 0.3) is 5.91 Å². The Balaban J connectivity index is 1.72. The van der Waals surface area contributed by atoms with Crippen LogP contribution in [0.3, 0.4) is 0 Å². The van der Waals surface area contributed by atoms with E-state index in [2.05, 4.69) is 15.3 Å². The summed E-state index contributed by atoms with van der Waals surface area (Å²) in [5, 5.41) is 2.66. The third kappa shape index (κ3) is 3.26. The van der Waals surface area contributed by atoms with Gasteiger partial charge in [0.05, 0.1) is 6.20 Å². The predicted octanol–water partition coefficient (Wildman–Crippen LogP) is 0.219. The van der Waals surface area contributed by atoms with Crippen molar-refractivity contribution in [3.8, 4) is 0 Å². The van der Waals surface area contributed by atoms with Gasteiger partial charge in [-0.2, -0.15) is 0 Å². The minimum Gasteiger partial charge on any atom is -0.350 e. The largest absolute Gasteiger partial charge is 0.350 e. The summed E-state index contributed by atoms with van der Waals surface area (Å²) in [5.74, 6) is -0.190. The van der Waals surface area contributed by atoms with Gasteiger partial charge >= 0.3 is 0 Å². The molecule has 1 N–H and O–H groups in total. The molecule has 96 valence electrons. The van der Waals surface area contributed by atoms with Gasteiger partial charge in [-0.05, 0) is 12.8 Å². The Hall–Kier alpha value is -1.98. The first-order valence-electron chi connectivity index (χ1n) is 6.09. The summed E-state index contributed by atoms with van der Waals surface area (Å²) < 4.78 is 0. The number of carbonyl (C=O) groups excluding carboxylic acids is 2. The Morgan fingerprint density at radius 1 is 1.28 bits per heavy atom. The number of nitrogens with one attached hydrogen (secondary N) is 1. The lowest BCUT2D eigenvalue weighted by molar-refractivity contribution is -0.129. The average Bonchev–Trinajstić information content (AvgIpc) is 2.93. The maximum absolute atomic E-state index is 11.7. The smallest absolute Gasteiger partial charge is 0.271 e. The Kier molecular flexibility index (Phi) is 4.22. The van der Waals surface area contributed by atoms with Gasteiger partial charge in [0.1, 0.15) is 5.69 Å². The predicted molar refractivity (Wildman–Crippen MR) is 64.8 cm³/mol. The van der Waals surface area contributed by atoms with Crippen LogP contribution in [0.5, 0.6) is 0 Å². The van der Waals surface area contributed by atoms with E-state index in [0.717, 1.165) is 25.9 Å². The average molecular weight is 248 g/mol. The molecule has 1 saturated heterocycles. The zero-order valence-corrected chi connectivity index (χ0v) is 10.1. The van der Waals surface area contributed by atoms with E-state index in [1.807, 2.05) is 4.90 Å². The number of amides is 2. The third-order valence-corrected chi connectivity index (χ3v) is 2.88. The van der Waals surface area contributed by atoms with Crippen LogP contribution in [0.4, 0.5) is 0 Å². The number of rotatable bonds is 4. The minimum absolute atomic E-state index is 0.104. The first kappa shape index (κ1) is 12.5. The van der Waals surface area contributed by atoms with E-state index < -0.39 is 0 Å². The van der Waals surface area contributed by atoms with Gasteiger partial charge in [-0.1, -0.05) is 0 Å². The maximum Gasteiger partial charge on any atom is 0.271 e. The maximum atomic E-state index is 11.7. The van der Waals surface area contributed by atoms with Crippen molar-refractivity contribution >= 4 is 11.8 Å². The van der Waals surface area contributed by atoms with Crippen LogP contribution in [-0.4, -0.2) is 46.3 Å². The van der Waals surface area contributed by atoms with Gasteiger partial charge in [0, 0.05) is 38.4 Å². The van der Waals surface area contributed by atoms with Gasteiger partial charge in [-0.3, -0.25) is 14.6 Å². The molecule has 6 nitrogen and oxygen atoms in total. The third-order valence-electron chi connectivity index (χ3n) is 2.88. The lowest BCUT2D eigenvalue weighted by Crippen LogP contribution is -2.33. The molecule has 0 saturated carbocycles. The first-order chi connectivity index (χ1) is 8.77. The van der Waals surface area contributed by atoms with Crippen molar-refractivity contribution in [3.63, 3.8) is 0 Å². The summed E-state index contributed by atoms with van der Waals surface area (Å²) >= 11 is 0. The number of hydrogen-bond acceptors (Lipinski definition) is 4. The van der Waals surface area contributed by atoms with Crippen molar-refractivity contribution in [3.05, 3.63) is 24.3 Å². The molecular weight excluding hydrogens is 232 g/mol. The summed E-state index contributed by atoms with van der Waals surface area (Å²) in [4.78, 5) is 32.9. The molecule has 1 aromatic rings. The normalized spacial score (nSPS) is 14.6. The highest BCUT2D eigenvalue weighted by Gasteiger charge is 2.17. The molecule has 2 rings (SSSR count). The molecule has 6 heteroatoms. The molecule has 18 heavy (non-hydrogen) atoms. The van der Waals surface area contributed by atoms with Crippen molar-refractivity contribution in [1.82, 2.24) is 20.2 Å². The topological polar surface area (TPSA) is 75.2 Å². The fraction of sp³-hybridized carbons (Fsp3) is 0.500. The van der Waals surface area contributed by atoms with Crippen LogP contribution < -0.4 is 5.32 Å². The lowest BCUT2D eigenvalue weighted by atomic mass is 10.3. The number of aromatic nitrogens is 2. The van der Waals surface area contributed by atoms with Crippen molar-refractivity contribution in [2.45, 2.75) is 19.3 Å². The molecule has 1 aromatic heterocycles. The Morgan fingerprint density at radius 3 is 2.72 bits per heavy atom. The first-order valence-corrected chi connectivity index (χ1v) is 6.09. The summed E-state index contributed by atoms with van der Waals surface area (Å²) in [6.07, 6.45) is 6.87. The molecule has 1 aliphatic heterocycles. The van der Waals surface area contributed by atoms with Gasteiger partial charge in [-0.25, -0.2) is 4.98 Å². The molecule has 2 heterocycles. The standard InChI is InChI=1S/C12H16N4O2/c17-11(16-7-1-2-8-16)3-4-15-12(18)10-9-13-5-6-14-10/h5-6,9H,1-4,7-8H2,(H,15,18). The summed E-state index contributed by atoms with van der Waals surface area (Å²) in [6, 6.07) is 0. The zero-order chi connectivity index (χ0) is 12.8. The van der Waals surface area contributed by atoms with Crippen LogP contribution >= 0.6 is 0 Å². The van der Waals surface area contributed by atoms with E-state index in [0.29, 0.717) is 13.0 Å². The Bertz CT molecular complexity index is 415. The molecule has 0 aliphatic carbocycles. The SMILES string of the molecule is O=C(NCCC(=O)N1CCCC1)c1cnccn1. The van der Waals surface area contributed by atoms with Gasteiger partial charge in [0.2, 0.25) is 5.91 Å². The van der Waals surface area contributed by atoms with Crippen LogP contribution in [0.15, 0.2) is 18.6 Å². The van der Waals surface area contributed by atoms with Gasteiger partial charge in [-0.15, -0.1) is 0 Å². The van der Waals surface area contributed by atoms with Crippen molar-refractivity contribution < 1.29 is 9.59 Å². The molecule has 0 radical (unpaired) electrons. The van der Waals surface area contributed by atoms with Gasteiger partial charge < -0.3 is 10.2 Å². The van der Waals surface area contributed by atoms with Crippen molar-refractivity contribution in [2.24, 2.45) is 0 Å². The number of nitrogens with zero attached hydrogens (tertiary/aromatic N) is 3. The number of likely N-dealkylation sites (tertiary alicyclic amines) is 1. The molecule has 2 amide bonds. The van der Waals surface area contributed by atoms with E-state index in [-0.39, 0.29) is 17.5 Å². The highest BCUT2D eigenvalue weighted by atomic mass is 16.2. The second kappa shape index (κ2) is 6.09. The summed E-state index contributed by atoms with van der Waals surface area (Å²) in [7, 11) is 0. The van der Waals surface area contributed by atoms with Crippen LogP contribution in [0.2, 0.25) is 0 Å². The molecular formula is C12H16N4O2. The number of carbonyl (C=O) groups is 2. The monoisotopic (exact) mass is 248 g/mol. The van der Waals surface area contributed by atoms with Crippen molar-refractivity contribution in [1.29, 1.82) is 0 Å². The molecule has 1 fully saturated rings. The minimum atomic E-state index is -0.294. The second-order valence-corrected chi connectivity index (χ2v) is 4.18. The molecule has 0 bridgehead atoms. The number of hydrogen-bond donors (Lipinski definition) is 1. The van der Waals surface area contributed by atoms with Crippen LogP contribution in [0.25, 0.3) is 0 Å². The lowest BCUT2D eigenvalue weighted by Gasteiger charge is -2.14. The fourth-order valence-electron chi connectivity index (χ4n) is 1.91. The van der Waals surface area contributed by atoms with E-state index >= 15 is 0 Å². The van der Waals surface area contributed by atoms with Crippen LogP contribution in [-0.2, 0) is 4.79 Å². The molecule has 0 aromatic carbocycles. The highest BCUT2D eigenvalue weighted by molar-refractivity contribution is 5.92. The molecule has 0 unspecified atom stereocenters. The molecule has 0 spiro atoms. The highest BCUT2D eigenvalue weighted by Crippen LogP contribution is 2.08. The van der Waals surface area contributed by atoms with E-state index in [4.69, 9.17) is 0 Å². The van der Waals surface area contributed by atoms with Crippen molar-refractivity contribution in [2.75, 3.05) is 19.6 Å². The summed E-state index contributed by atoms with van der Waals surface area (Å²) in [6.45, 7) is 2.03.